The Morgan fingerprint density at radius 2 is 1.85 bits per heavy atom. The molecule has 1 heterocycles. The molecular weight excluding hydrogens is 384 g/mol. The lowest BCUT2D eigenvalue weighted by atomic mass is 10.2. The Balaban J connectivity index is 2.29. The van der Waals surface area contributed by atoms with Crippen LogP contribution >= 0.6 is 23.2 Å². The number of hydrogen-bond donors (Lipinski definition) is 1. The van der Waals surface area contributed by atoms with E-state index in [0.29, 0.717) is 0 Å². The normalized spacial score (nSPS) is 11.0. The van der Waals surface area contributed by atoms with Crippen LogP contribution in [0.15, 0.2) is 30.3 Å². The summed E-state index contributed by atoms with van der Waals surface area (Å²) in [6.07, 6.45) is 0. The highest BCUT2D eigenvalue weighted by atomic mass is 35.5. The predicted molar refractivity (Wildman–Crippen MR) is 95.8 cm³/mol. The molecule has 0 saturated carbocycles. The number of aromatic nitrogens is 1. The zero-order valence-corrected chi connectivity index (χ0v) is 15.2. The van der Waals surface area contributed by atoms with Crippen molar-refractivity contribution < 1.29 is 23.8 Å². The van der Waals surface area contributed by atoms with Crippen molar-refractivity contribution in [2.75, 3.05) is 0 Å². The minimum Gasteiger partial charge on any atom is -0.505 e. The van der Waals surface area contributed by atoms with Crippen LogP contribution in [0.5, 0.6) is 11.5 Å². The summed E-state index contributed by atoms with van der Waals surface area (Å²) in [5, 5.41) is 10.4. The zero-order chi connectivity index (χ0) is 19.2. The van der Waals surface area contributed by atoms with Crippen molar-refractivity contribution in [3.8, 4) is 11.5 Å². The first kappa shape index (κ1) is 18.2. The summed E-state index contributed by atoms with van der Waals surface area (Å²) in [5.74, 6) is -2.60. The van der Waals surface area contributed by atoms with Gasteiger partial charge in [0.05, 0.1) is 21.3 Å². The minimum absolute atomic E-state index is 0.0659. The second-order valence-corrected chi connectivity index (χ2v) is 6.41. The van der Waals surface area contributed by atoms with Crippen molar-refractivity contribution in [3.05, 3.63) is 57.5 Å². The molecule has 0 atom stereocenters. The number of fused-ring (bicyclic) bond motifs is 1. The summed E-state index contributed by atoms with van der Waals surface area (Å²) in [4.78, 5) is 24.4. The first-order valence-electron chi connectivity index (χ1n) is 7.42. The molecule has 1 N–H and O–H groups in total. The molecule has 26 heavy (non-hydrogen) atoms. The second-order valence-electron chi connectivity index (χ2n) is 5.60. The van der Waals surface area contributed by atoms with E-state index < -0.39 is 23.4 Å². The van der Waals surface area contributed by atoms with Gasteiger partial charge in [-0.2, -0.15) is 0 Å². The Hall–Kier alpha value is -2.57. The molecule has 3 rings (SSSR count). The average molecular weight is 396 g/mol. The maximum atomic E-state index is 13.9. The number of rotatable bonds is 2. The van der Waals surface area contributed by atoms with Crippen molar-refractivity contribution in [2.45, 2.75) is 13.8 Å². The summed E-state index contributed by atoms with van der Waals surface area (Å²) < 4.78 is 20.3. The molecule has 0 amide bonds. The Morgan fingerprint density at radius 1 is 1.15 bits per heavy atom. The monoisotopic (exact) mass is 395 g/mol. The van der Waals surface area contributed by atoms with Gasteiger partial charge in [-0.1, -0.05) is 23.2 Å². The number of halogens is 3. The maximum absolute atomic E-state index is 13.9. The summed E-state index contributed by atoms with van der Waals surface area (Å²) in [7, 11) is 0. The van der Waals surface area contributed by atoms with Crippen molar-refractivity contribution in [2.24, 2.45) is 0 Å². The molecule has 0 unspecified atom stereocenters. The molecule has 0 radical (unpaired) electrons. The van der Waals surface area contributed by atoms with E-state index in [-0.39, 0.29) is 38.0 Å². The Kier molecular flexibility index (Phi) is 4.64. The van der Waals surface area contributed by atoms with Gasteiger partial charge in [0.25, 0.3) is 5.91 Å². The first-order valence-corrected chi connectivity index (χ1v) is 8.18. The number of benzene rings is 2. The van der Waals surface area contributed by atoms with Crippen LogP contribution in [0.25, 0.3) is 10.9 Å². The largest absolute Gasteiger partial charge is 0.505 e. The highest BCUT2D eigenvalue weighted by Gasteiger charge is 2.24. The van der Waals surface area contributed by atoms with E-state index >= 15 is 0 Å². The molecule has 1 aromatic heterocycles. The summed E-state index contributed by atoms with van der Waals surface area (Å²) in [6, 6.07) is 6.44. The van der Waals surface area contributed by atoms with Crippen LogP contribution in [0, 0.1) is 12.7 Å². The van der Waals surface area contributed by atoms with Crippen LogP contribution in [0.1, 0.15) is 23.0 Å². The summed E-state index contributed by atoms with van der Waals surface area (Å²) in [6.45, 7) is 2.75. The zero-order valence-electron chi connectivity index (χ0n) is 13.6. The molecule has 5 nitrogen and oxygen atoms in total. The molecule has 0 spiro atoms. The Labute approximate surface area is 157 Å². The molecule has 0 bridgehead atoms. The third-order valence-electron chi connectivity index (χ3n) is 3.83. The Bertz CT molecular complexity index is 1070. The number of aromatic hydroxyl groups is 1. The standard InChI is InChI=1S/C18H12Cl2FNO4/c1-8-17(26-9(2)23)11-6-16(24)14(21)7-15(11)22(8)18(25)10-3-4-12(19)13(20)5-10/h3-7,24H,1-2H3. The number of esters is 1. The topological polar surface area (TPSA) is 68.5 Å². The lowest BCUT2D eigenvalue weighted by Gasteiger charge is -2.08. The Morgan fingerprint density at radius 3 is 2.46 bits per heavy atom. The molecule has 0 aliphatic heterocycles. The number of hydrogen-bond acceptors (Lipinski definition) is 4. The van der Waals surface area contributed by atoms with E-state index in [9.17, 15) is 19.1 Å². The molecule has 3 aromatic rings. The lowest BCUT2D eigenvalue weighted by molar-refractivity contribution is -0.131. The number of carbonyl (C=O) groups is 2. The van der Waals surface area contributed by atoms with E-state index in [1.54, 1.807) is 6.92 Å². The number of nitrogens with zero attached hydrogens (tertiary/aromatic N) is 1. The first-order chi connectivity index (χ1) is 12.2. The molecule has 0 aliphatic carbocycles. The van der Waals surface area contributed by atoms with Gasteiger partial charge in [-0.25, -0.2) is 4.39 Å². The van der Waals surface area contributed by atoms with Gasteiger partial charge in [0.2, 0.25) is 0 Å². The van der Waals surface area contributed by atoms with Gasteiger partial charge < -0.3 is 9.84 Å². The maximum Gasteiger partial charge on any atom is 0.308 e. The lowest BCUT2D eigenvalue weighted by Crippen LogP contribution is -2.14. The molecular formula is C18H12Cl2FNO4. The van der Waals surface area contributed by atoms with Crippen molar-refractivity contribution in [3.63, 3.8) is 0 Å². The summed E-state index contributed by atoms with van der Waals surface area (Å²) in [5.41, 5.74) is 0.628. The fourth-order valence-corrected chi connectivity index (χ4v) is 2.99. The van der Waals surface area contributed by atoms with E-state index in [4.69, 9.17) is 27.9 Å². The number of phenols is 1. The summed E-state index contributed by atoms with van der Waals surface area (Å²) >= 11 is 11.8. The molecule has 0 aliphatic rings. The van der Waals surface area contributed by atoms with Crippen molar-refractivity contribution in [1.82, 2.24) is 4.57 Å². The minimum atomic E-state index is -0.910. The third-order valence-corrected chi connectivity index (χ3v) is 4.57. The van der Waals surface area contributed by atoms with Crippen LogP contribution in [0.3, 0.4) is 0 Å². The van der Waals surface area contributed by atoms with Gasteiger partial charge in [-0.05, 0) is 31.2 Å². The fraction of sp³-hybridized carbons (Fsp3) is 0.111. The van der Waals surface area contributed by atoms with E-state index in [2.05, 4.69) is 0 Å². The van der Waals surface area contributed by atoms with Crippen LogP contribution in [0.2, 0.25) is 10.0 Å². The van der Waals surface area contributed by atoms with Gasteiger partial charge in [-0.3, -0.25) is 14.2 Å². The predicted octanol–water partition coefficient (Wildman–Crippen LogP) is 4.72. The van der Waals surface area contributed by atoms with Crippen LogP contribution < -0.4 is 4.74 Å². The quantitative estimate of drug-likeness (QED) is 0.637. The van der Waals surface area contributed by atoms with Crippen LogP contribution in [-0.2, 0) is 4.79 Å². The number of phenolic OH excluding ortho intramolecular Hbond substituents is 1. The smallest absolute Gasteiger partial charge is 0.308 e. The van der Waals surface area contributed by atoms with Gasteiger partial charge in [0.15, 0.2) is 17.3 Å². The van der Waals surface area contributed by atoms with E-state index in [1.807, 2.05) is 0 Å². The van der Waals surface area contributed by atoms with Gasteiger partial charge >= 0.3 is 5.97 Å². The third kappa shape index (κ3) is 3.02. The van der Waals surface area contributed by atoms with Crippen molar-refractivity contribution >= 4 is 46.0 Å². The highest BCUT2D eigenvalue weighted by molar-refractivity contribution is 6.42. The van der Waals surface area contributed by atoms with Crippen molar-refractivity contribution in [1.29, 1.82) is 0 Å². The van der Waals surface area contributed by atoms with Gasteiger partial charge in [0, 0.05) is 23.9 Å². The molecule has 8 heteroatoms. The second kappa shape index (κ2) is 6.63. The number of ether oxygens (including phenoxy) is 1. The van der Waals surface area contributed by atoms with E-state index in [1.165, 1.54) is 29.7 Å². The highest BCUT2D eigenvalue weighted by Crippen LogP contribution is 2.37. The fourth-order valence-electron chi connectivity index (χ4n) is 2.69. The SMILES string of the molecule is CC(=O)Oc1c(C)n(C(=O)c2ccc(Cl)c(Cl)c2)c2cc(F)c(O)cc12. The van der Waals surface area contributed by atoms with Crippen LogP contribution in [-0.4, -0.2) is 21.6 Å². The van der Waals surface area contributed by atoms with Crippen LogP contribution in [0.4, 0.5) is 4.39 Å². The molecule has 2 aromatic carbocycles. The molecule has 0 saturated heterocycles. The van der Waals surface area contributed by atoms with Gasteiger partial charge in [0.1, 0.15) is 0 Å². The molecule has 0 fully saturated rings. The van der Waals surface area contributed by atoms with Gasteiger partial charge in [-0.15, -0.1) is 0 Å². The van der Waals surface area contributed by atoms with E-state index in [0.717, 1.165) is 12.1 Å². The molecule has 134 valence electrons. The number of carbonyl (C=O) groups excluding carboxylic acids is 2. The average Bonchev–Trinajstić information content (AvgIpc) is 2.81.